The van der Waals surface area contributed by atoms with Crippen molar-refractivity contribution in [3.05, 3.63) is 82.4 Å². The summed E-state index contributed by atoms with van der Waals surface area (Å²) in [5.74, 6) is 0.984. The number of fused-ring (bicyclic) bond motifs is 7. The van der Waals surface area contributed by atoms with Gasteiger partial charge in [-0.2, -0.15) is 0 Å². The zero-order valence-corrected chi connectivity index (χ0v) is 15.3. The fraction of sp³-hybridized carbons (Fsp3) is 0.280. The lowest BCUT2D eigenvalue weighted by Crippen LogP contribution is -1.99. The van der Waals surface area contributed by atoms with Crippen LogP contribution < -0.4 is 0 Å². The summed E-state index contributed by atoms with van der Waals surface area (Å²) in [4.78, 5) is 0. The van der Waals surface area contributed by atoms with E-state index in [9.17, 15) is 0 Å². The summed E-state index contributed by atoms with van der Waals surface area (Å²) in [7, 11) is 0. The minimum absolute atomic E-state index is 0.482. The van der Waals surface area contributed by atoms with Gasteiger partial charge in [-0.05, 0) is 56.5 Å². The van der Waals surface area contributed by atoms with Crippen molar-refractivity contribution >= 4 is 0 Å². The smallest absolute Gasteiger partial charge is 0.00796 e. The molecule has 3 aromatic rings. The molecule has 0 nitrogen and oxygen atoms in total. The van der Waals surface area contributed by atoms with Crippen LogP contribution in [0, 0.1) is 0 Å². The molecule has 0 aromatic heterocycles. The Morgan fingerprint density at radius 3 is 2.00 bits per heavy atom. The van der Waals surface area contributed by atoms with Crippen molar-refractivity contribution in [1.82, 2.24) is 0 Å². The molecule has 25 heavy (non-hydrogen) atoms. The highest BCUT2D eigenvalue weighted by Crippen LogP contribution is 2.56. The average molecular weight is 324 g/mol. The fourth-order valence-corrected chi connectivity index (χ4v) is 5.17. The Hall–Kier alpha value is -2.34. The summed E-state index contributed by atoms with van der Waals surface area (Å²) in [6.45, 7) is 7.06. The Labute approximate surface area is 150 Å². The maximum absolute atomic E-state index is 2.52. The Kier molecular flexibility index (Phi) is 3.19. The van der Waals surface area contributed by atoms with Gasteiger partial charge in [0.25, 0.3) is 0 Å². The number of aryl methyl sites for hydroxylation is 1. The lowest BCUT2D eigenvalue weighted by atomic mass is 9.86. The molecule has 0 saturated carbocycles. The van der Waals surface area contributed by atoms with Crippen LogP contribution in [0.3, 0.4) is 0 Å². The van der Waals surface area contributed by atoms with Crippen LogP contribution in [0.4, 0.5) is 0 Å². The van der Waals surface area contributed by atoms with Crippen molar-refractivity contribution in [3.8, 4) is 22.3 Å². The third kappa shape index (κ3) is 1.88. The monoisotopic (exact) mass is 324 g/mol. The Bertz CT molecular complexity index is 993. The number of hydrogen-bond donors (Lipinski definition) is 0. The van der Waals surface area contributed by atoms with Gasteiger partial charge in [0.05, 0.1) is 0 Å². The summed E-state index contributed by atoms with van der Waals surface area (Å²) < 4.78 is 0. The van der Waals surface area contributed by atoms with E-state index in [4.69, 9.17) is 0 Å². The summed E-state index contributed by atoms with van der Waals surface area (Å²) >= 11 is 0. The molecule has 0 saturated heterocycles. The van der Waals surface area contributed by atoms with Gasteiger partial charge in [0.2, 0.25) is 0 Å². The zero-order chi connectivity index (χ0) is 17.1. The highest BCUT2D eigenvalue weighted by molar-refractivity contribution is 5.93. The Morgan fingerprint density at radius 2 is 1.32 bits per heavy atom. The summed E-state index contributed by atoms with van der Waals surface area (Å²) in [5, 5.41) is 0. The third-order valence-electron chi connectivity index (χ3n) is 6.29. The van der Waals surface area contributed by atoms with Crippen molar-refractivity contribution in [2.24, 2.45) is 0 Å². The second-order valence-corrected chi connectivity index (χ2v) is 7.66. The maximum atomic E-state index is 2.52. The Morgan fingerprint density at radius 1 is 0.720 bits per heavy atom. The van der Waals surface area contributed by atoms with Crippen LogP contribution in [0.2, 0.25) is 0 Å². The average Bonchev–Trinajstić information content (AvgIpc) is 3.10. The van der Waals surface area contributed by atoms with Crippen LogP contribution in [0.1, 0.15) is 66.8 Å². The first-order chi connectivity index (χ1) is 12.2. The molecular weight excluding hydrogens is 300 g/mol. The van der Waals surface area contributed by atoms with Gasteiger partial charge >= 0.3 is 0 Å². The van der Waals surface area contributed by atoms with E-state index in [2.05, 4.69) is 75.4 Å². The number of hydrogen-bond acceptors (Lipinski definition) is 0. The van der Waals surface area contributed by atoms with Crippen molar-refractivity contribution < 1.29 is 0 Å². The van der Waals surface area contributed by atoms with Gasteiger partial charge in [-0.25, -0.2) is 0 Å². The Balaban J connectivity index is 1.90. The van der Waals surface area contributed by atoms with Crippen molar-refractivity contribution in [1.29, 1.82) is 0 Å². The summed E-state index contributed by atoms with van der Waals surface area (Å²) in [5.41, 5.74) is 13.7. The van der Waals surface area contributed by atoms with E-state index >= 15 is 0 Å². The minimum Gasteiger partial charge on any atom is -0.0651 e. The van der Waals surface area contributed by atoms with Gasteiger partial charge in [0.15, 0.2) is 0 Å². The van der Waals surface area contributed by atoms with E-state index < -0.39 is 0 Å². The van der Waals surface area contributed by atoms with Gasteiger partial charge in [-0.15, -0.1) is 0 Å². The first-order valence-electron chi connectivity index (χ1n) is 9.60. The molecule has 0 spiro atoms. The fourth-order valence-electron chi connectivity index (χ4n) is 5.17. The van der Waals surface area contributed by atoms with Crippen LogP contribution in [-0.4, -0.2) is 0 Å². The van der Waals surface area contributed by atoms with Crippen molar-refractivity contribution in [2.45, 2.75) is 45.4 Å². The predicted molar refractivity (Wildman–Crippen MR) is 106 cm³/mol. The van der Waals surface area contributed by atoms with Crippen LogP contribution in [0.5, 0.6) is 0 Å². The van der Waals surface area contributed by atoms with Gasteiger partial charge in [-0.3, -0.25) is 0 Å². The molecule has 2 unspecified atom stereocenters. The maximum Gasteiger partial charge on any atom is 0.00796 e. The lowest BCUT2D eigenvalue weighted by Gasteiger charge is -2.18. The molecule has 0 heteroatoms. The highest BCUT2D eigenvalue weighted by Gasteiger charge is 2.36. The topological polar surface area (TPSA) is 0 Å². The molecule has 3 aromatic carbocycles. The van der Waals surface area contributed by atoms with E-state index in [0.29, 0.717) is 11.8 Å². The largest absolute Gasteiger partial charge is 0.0651 e. The predicted octanol–water partition coefficient (Wildman–Crippen LogP) is 6.90. The van der Waals surface area contributed by atoms with Gasteiger partial charge in [-0.1, -0.05) is 81.8 Å². The molecule has 5 rings (SSSR count). The normalized spacial score (nSPS) is 19.3. The minimum atomic E-state index is 0.482. The van der Waals surface area contributed by atoms with Crippen molar-refractivity contribution in [3.63, 3.8) is 0 Å². The molecule has 0 radical (unpaired) electrons. The third-order valence-corrected chi connectivity index (χ3v) is 6.29. The number of benzene rings is 3. The molecule has 2 aliphatic rings. The van der Waals surface area contributed by atoms with E-state index in [0.717, 1.165) is 0 Å². The summed E-state index contributed by atoms with van der Waals surface area (Å²) in [6.07, 6.45) is 2.36. The number of rotatable bonds is 2. The second-order valence-electron chi connectivity index (χ2n) is 7.66. The second kappa shape index (κ2) is 5.33. The van der Waals surface area contributed by atoms with Crippen LogP contribution in [0.25, 0.3) is 22.3 Å². The highest BCUT2D eigenvalue weighted by atomic mass is 14.4. The van der Waals surface area contributed by atoms with Crippen LogP contribution in [-0.2, 0) is 6.42 Å². The molecule has 0 bridgehead atoms. The molecule has 0 amide bonds. The van der Waals surface area contributed by atoms with Gasteiger partial charge in [0, 0.05) is 11.8 Å². The molecule has 124 valence electrons. The van der Waals surface area contributed by atoms with E-state index in [1.165, 1.54) is 46.2 Å². The quantitative estimate of drug-likeness (QED) is 0.481. The molecule has 0 aliphatic heterocycles. The first-order valence-corrected chi connectivity index (χ1v) is 9.60. The van der Waals surface area contributed by atoms with E-state index in [1.54, 1.807) is 16.7 Å². The van der Waals surface area contributed by atoms with Crippen molar-refractivity contribution in [2.75, 3.05) is 0 Å². The SMILES string of the molecule is CCCc1cc2c(c3c1-c1ccccc1C3C)-c1ccccc1C2C. The molecule has 0 heterocycles. The molecule has 2 aliphatic carbocycles. The van der Waals surface area contributed by atoms with Crippen LogP contribution >= 0.6 is 0 Å². The van der Waals surface area contributed by atoms with Gasteiger partial charge in [0.1, 0.15) is 0 Å². The zero-order valence-electron chi connectivity index (χ0n) is 15.3. The first kappa shape index (κ1) is 15.0. The van der Waals surface area contributed by atoms with E-state index in [1.807, 2.05) is 0 Å². The molecule has 0 N–H and O–H groups in total. The molecular formula is C25H24. The standard InChI is InChI=1S/C25H24/c1-4-9-17-14-22-15(2)18-10-5-8-13-21(18)25(22)23-16(3)19-11-6-7-12-20(19)24(17)23/h5-8,10-16H,4,9H2,1-3H3. The molecule has 2 atom stereocenters. The van der Waals surface area contributed by atoms with Gasteiger partial charge < -0.3 is 0 Å². The van der Waals surface area contributed by atoms with E-state index in [-0.39, 0.29) is 0 Å². The summed E-state index contributed by atoms with van der Waals surface area (Å²) in [6, 6.07) is 20.6. The lowest BCUT2D eigenvalue weighted by molar-refractivity contribution is 0.898. The molecule has 0 fully saturated rings. The van der Waals surface area contributed by atoms with Crippen LogP contribution in [0.15, 0.2) is 54.6 Å².